The number of aromatic nitrogens is 1. The molecule has 6 heteroatoms. The third-order valence-electron chi connectivity index (χ3n) is 4.45. The van der Waals surface area contributed by atoms with E-state index in [4.69, 9.17) is 11.6 Å². The molecule has 27 heavy (non-hydrogen) atoms. The zero-order valence-corrected chi connectivity index (χ0v) is 15.0. The summed E-state index contributed by atoms with van der Waals surface area (Å²) in [6.45, 7) is 0. The number of para-hydroxylation sites is 1. The van der Waals surface area contributed by atoms with Gasteiger partial charge in [-0.15, -0.1) is 0 Å². The monoisotopic (exact) mass is 383 g/mol. The highest BCUT2D eigenvalue weighted by Gasteiger charge is 2.29. The maximum atomic E-state index is 14.5. The van der Waals surface area contributed by atoms with Crippen molar-refractivity contribution in [1.82, 2.24) is 10.4 Å². The molecule has 1 aliphatic heterocycles. The summed E-state index contributed by atoms with van der Waals surface area (Å²) in [5.74, 6) is -0.953. The second kappa shape index (κ2) is 7.47. The number of halogens is 3. The van der Waals surface area contributed by atoms with Crippen LogP contribution in [0.15, 0.2) is 73.2 Å². The predicted molar refractivity (Wildman–Crippen MR) is 103 cm³/mol. The van der Waals surface area contributed by atoms with Gasteiger partial charge < -0.3 is 0 Å². The van der Waals surface area contributed by atoms with Crippen LogP contribution >= 0.6 is 11.6 Å². The Labute approximate surface area is 160 Å². The van der Waals surface area contributed by atoms with E-state index in [1.807, 2.05) is 30.3 Å². The normalized spacial score (nSPS) is 16.5. The SMILES string of the molecule is Fc1ccc(F)c(C2=CN(c3ccccc3Cl)NC2Cc2cccnc2)c1. The quantitative estimate of drug-likeness (QED) is 0.688. The van der Waals surface area contributed by atoms with Crippen molar-refractivity contribution in [2.24, 2.45) is 0 Å². The molecule has 0 fully saturated rings. The zero-order chi connectivity index (χ0) is 18.8. The molecule has 2 heterocycles. The molecule has 2 aromatic carbocycles. The predicted octanol–water partition coefficient (Wildman–Crippen LogP) is 4.99. The van der Waals surface area contributed by atoms with Crippen LogP contribution in [-0.4, -0.2) is 11.0 Å². The van der Waals surface area contributed by atoms with Crippen LogP contribution < -0.4 is 10.4 Å². The third-order valence-corrected chi connectivity index (χ3v) is 4.77. The van der Waals surface area contributed by atoms with Crippen LogP contribution in [0.4, 0.5) is 14.5 Å². The van der Waals surface area contributed by atoms with E-state index in [1.165, 1.54) is 6.07 Å². The number of benzene rings is 2. The lowest BCUT2D eigenvalue weighted by Crippen LogP contribution is -2.37. The smallest absolute Gasteiger partial charge is 0.131 e. The van der Waals surface area contributed by atoms with E-state index in [-0.39, 0.29) is 11.6 Å². The minimum absolute atomic E-state index is 0.228. The van der Waals surface area contributed by atoms with E-state index < -0.39 is 11.6 Å². The Kier molecular flexibility index (Phi) is 4.88. The van der Waals surface area contributed by atoms with Crippen molar-refractivity contribution < 1.29 is 8.78 Å². The van der Waals surface area contributed by atoms with E-state index in [1.54, 1.807) is 29.7 Å². The zero-order valence-electron chi connectivity index (χ0n) is 14.2. The van der Waals surface area contributed by atoms with Gasteiger partial charge in [0, 0.05) is 24.2 Å². The van der Waals surface area contributed by atoms with Crippen LogP contribution in [0.3, 0.4) is 0 Å². The molecular weight excluding hydrogens is 368 g/mol. The molecule has 1 N–H and O–H groups in total. The van der Waals surface area contributed by atoms with Gasteiger partial charge in [-0.05, 0) is 54.0 Å². The first kappa shape index (κ1) is 17.6. The first-order valence-electron chi connectivity index (χ1n) is 8.48. The van der Waals surface area contributed by atoms with E-state index in [0.717, 1.165) is 23.4 Å². The standard InChI is InChI=1S/C21H16ClF2N3/c22-18-5-1-2-6-21(18)27-13-17(16-11-15(23)7-8-19(16)24)20(26-27)10-14-4-3-9-25-12-14/h1-9,11-13,20,26H,10H2. The summed E-state index contributed by atoms with van der Waals surface area (Å²) < 4.78 is 28.2. The maximum absolute atomic E-state index is 14.5. The number of hydrogen-bond donors (Lipinski definition) is 1. The highest BCUT2D eigenvalue weighted by atomic mass is 35.5. The summed E-state index contributed by atoms with van der Waals surface area (Å²) in [7, 11) is 0. The summed E-state index contributed by atoms with van der Waals surface area (Å²) in [4.78, 5) is 4.13. The van der Waals surface area contributed by atoms with Crippen molar-refractivity contribution in [2.45, 2.75) is 12.5 Å². The molecule has 136 valence electrons. The molecule has 0 bridgehead atoms. The van der Waals surface area contributed by atoms with E-state index in [0.29, 0.717) is 17.0 Å². The molecule has 1 atom stereocenters. The Morgan fingerprint density at radius 2 is 1.93 bits per heavy atom. The Morgan fingerprint density at radius 3 is 2.70 bits per heavy atom. The average Bonchev–Trinajstić information content (AvgIpc) is 3.08. The second-order valence-electron chi connectivity index (χ2n) is 6.28. The van der Waals surface area contributed by atoms with Gasteiger partial charge in [-0.2, -0.15) is 0 Å². The van der Waals surface area contributed by atoms with Crippen LogP contribution in [0.5, 0.6) is 0 Å². The molecule has 0 saturated heterocycles. The lowest BCUT2D eigenvalue weighted by molar-refractivity contribution is 0.591. The molecule has 3 nitrogen and oxygen atoms in total. The van der Waals surface area contributed by atoms with E-state index in [2.05, 4.69) is 10.4 Å². The highest BCUT2D eigenvalue weighted by molar-refractivity contribution is 6.33. The molecule has 1 aromatic heterocycles. The Balaban J connectivity index is 1.75. The third kappa shape index (κ3) is 3.70. The van der Waals surface area contributed by atoms with Crippen molar-refractivity contribution >= 4 is 22.9 Å². The maximum Gasteiger partial charge on any atom is 0.131 e. The number of nitrogens with zero attached hydrogens (tertiary/aromatic N) is 2. The van der Waals surface area contributed by atoms with Crippen molar-refractivity contribution in [3.8, 4) is 0 Å². The molecule has 3 aromatic rings. The van der Waals surface area contributed by atoms with Crippen molar-refractivity contribution in [2.75, 3.05) is 5.01 Å². The topological polar surface area (TPSA) is 28.2 Å². The fourth-order valence-electron chi connectivity index (χ4n) is 3.18. The Morgan fingerprint density at radius 1 is 1.07 bits per heavy atom. The fraction of sp³-hybridized carbons (Fsp3) is 0.0952. The first-order valence-corrected chi connectivity index (χ1v) is 8.85. The first-order chi connectivity index (χ1) is 13.1. The number of rotatable bonds is 4. The Bertz CT molecular complexity index is 992. The van der Waals surface area contributed by atoms with Crippen molar-refractivity contribution in [1.29, 1.82) is 0 Å². The van der Waals surface area contributed by atoms with Crippen LogP contribution in [0.25, 0.3) is 5.57 Å². The van der Waals surface area contributed by atoms with Gasteiger partial charge in [0.05, 0.1) is 16.8 Å². The van der Waals surface area contributed by atoms with E-state index in [9.17, 15) is 8.78 Å². The summed E-state index contributed by atoms with van der Waals surface area (Å²) in [6.07, 6.45) is 5.79. The van der Waals surface area contributed by atoms with Crippen molar-refractivity contribution in [3.05, 3.63) is 101 Å². The van der Waals surface area contributed by atoms with Crippen molar-refractivity contribution in [3.63, 3.8) is 0 Å². The molecule has 0 radical (unpaired) electrons. The van der Waals surface area contributed by atoms with Gasteiger partial charge in [0.2, 0.25) is 0 Å². The highest BCUT2D eigenvalue weighted by Crippen LogP contribution is 2.33. The molecule has 0 aliphatic carbocycles. The summed E-state index contributed by atoms with van der Waals surface area (Å²) in [5.41, 5.74) is 5.93. The number of anilines is 1. The lowest BCUT2D eigenvalue weighted by Gasteiger charge is -2.21. The molecule has 1 aliphatic rings. The molecule has 0 saturated carbocycles. The molecular formula is C21H16ClF2N3. The van der Waals surface area contributed by atoms with E-state index >= 15 is 0 Å². The summed E-state index contributed by atoms with van der Waals surface area (Å²) >= 11 is 6.31. The fourth-order valence-corrected chi connectivity index (χ4v) is 3.40. The lowest BCUT2D eigenvalue weighted by atomic mass is 9.95. The molecule has 1 unspecified atom stereocenters. The average molecular weight is 384 g/mol. The molecule has 0 spiro atoms. The number of hydrazine groups is 1. The van der Waals surface area contributed by atoms with Gasteiger partial charge >= 0.3 is 0 Å². The van der Waals surface area contributed by atoms with Gasteiger partial charge in [0.1, 0.15) is 11.6 Å². The second-order valence-corrected chi connectivity index (χ2v) is 6.68. The van der Waals surface area contributed by atoms with Gasteiger partial charge in [-0.3, -0.25) is 9.99 Å². The van der Waals surface area contributed by atoms with Gasteiger partial charge in [0.25, 0.3) is 0 Å². The summed E-state index contributed by atoms with van der Waals surface area (Å²) in [5, 5.41) is 2.31. The van der Waals surface area contributed by atoms with Crippen LogP contribution in [0, 0.1) is 11.6 Å². The van der Waals surface area contributed by atoms with Gasteiger partial charge in [0.15, 0.2) is 0 Å². The molecule has 4 rings (SSSR count). The van der Waals surface area contributed by atoms with Gasteiger partial charge in [-0.1, -0.05) is 29.8 Å². The van der Waals surface area contributed by atoms with Crippen LogP contribution in [-0.2, 0) is 6.42 Å². The largest absolute Gasteiger partial charge is 0.282 e. The number of pyridine rings is 1. The Hall–Kier alpha value is -2.76. The van der Waals surface area contributed by atoms with Crippen LogP contribution in [0.1, 0.15) is 11.1 Å². The van der Waals surface area contributed by atoms with Gasteiger partial charge in [-0.25, -0.2) is 14.2 Å². The molecule has 0 amide bonds. The van der Waals surface area contributed by atoms with Crippen LogP contribution in [0.2, 0.25) is 5.02 Å². The minimum atomic E-state index is -0.483. The number of hydrogen-bond acceptors (Lipinski definition) is 3. The minimum Gasteiger partial charge on any atom is -0.282 e. The summed E-state index contributed by atoms with van der Waals surface area (Å²) in [6, 6.07) is 14.4. The number of nitrogens with one attached hydrogen (secondary N) is 1.